The van der Waals surface area contributed by atoms with Crippen molar-refractivity contribution in [1.82, 2.24) is 5.32 Å². The monoisotopic (exact) mass is 207 g/mol. The number of hydrogen-bond acceptors (Lipinski definition) is 2. The summed E-state index contributed by atoms with van der Waals surface area (Å²) in [5, 5.41) is 11.3. The minimum atomic E-state index is -1.16. The summed E-state index contributed by atoms with van der Waals surface area (Å²) in [6, 6.07) is 0. The third-order valence-electron chi connectivity index (χ3n) is 2.12. The van der Waals surface area contributed by atoms with Crippen molar-refractivity contribution in [2.24, 2.45) is 0 Å². The Labute approximate surface area is 82.3 Å². The van der Waals surface area contributed by atoms with Gasteiger partial charge in [0.25, 0.3) is 0 Å². The fraction of sp³-hybridized carbons (Fsp3) is 0.750. The van der Waals surface area contributed by atoms with Gasteiger partial charge in [-0.15, -0.1) is 11.6 Å². The third-order valence-corrected chi connectivity index (χ3v) is 2.36. The highest BCUT2D eigenvalue weighted by atomic mass is 35.5. The Balaban J connectivity index is 4.57. The van der Waals surface area contributed by atoms with Crippen molar-refractivity contribution in [2.45, 2.75) is 32.2 Å². The largest absolute Gasteiger partial charge is 0.480 e. The van der Waals surface area contributed by atoms with Crippen molar-refractivity contribution in [3.8, 4) is 0 Å². The SMILES string of the molecule is CCC(CC)(NC(=O)CCl)C(=O)O. The molecule has 0 saturated heterocycles. The predicted molar refractivity (Wildman–Crippen MR) is 49.8 cm³/mol. The van der Waals surface area contributed by atoms with Crippen molar-refractivity contribution >= 4 is 23.5 Å². The van der Waals surface area contributed by atoms with Gasteiger partial charge in [0.05, 0.1) is 0 Å². The Morgan fingerprint density at radius 2 is 1.85 bits per heavy atom. The number of hydrogen-bond donors (Lipinski definition) is 2. The molecule has 76 valence electrons. The number of aliphatic carboxylic acids is 1. The first-order valence-electron chi connectivity index (χ1n) is 4.12. The fourth-order valence-electron chi connectivity index (χ4n) is 1.08. The molecule has 0 aliphatic rings. The average Bonchev–Trinajstić information content (AvgIpc) is 2.13. The number of rotatable bonds is 5. The number of amides is 1. The summed E-state index contributed by atoms with van der Waals surface area (Å²) >= 11 is 5.27. The highest BCUT2D eigenvalue weighted by molar-refractivity contribution is 6.27. The molecule has 0 aliphatic carbocycles. The second-order valence-corrected chi connectivity index (χ2v) is 3.04. The zero-order valence-corrected chi connectivity index (χ0v) is 8.52. The maximum absolute atomic E-state index is 10.9. The van der Waals surface area contributed by atoms with E-state index in [9.17, 15) is 9.59 Å². The van der Waals surface area contributed by atoms with Crippen LogP contribution < -0.4 is 5.32 Å². The molecule has 2 N–H and O–H groups in total. The van der Waals surface area contributed by atoms with E-state index in [1.165, 1.54) is 0 Å². The van der Waals surface area contributed by atoms with Gasteiger partial charge in [0, 0.05) is 0 Å². The smallest absolute Gasteiger partial charge is 0.329 e. The fourth-order valence-corrected chi connectivity index (χ4v) is 1.15. The summed E-state index contributed by atoms with van der Waals surface area (Å²) in [6.45, 7) is 3.43. The molecule has 0 aromatic rings. The molecular weight excluding hydrogens is 194 g/mol. The second-order valence-electron chi connectivity index (χ2n) is 2.78. The lowest BCUT2D eigenvalue weighted by atomic mass is 9.93. The molecule has 0 heterocycles. The van der Waals surface area contributed by atoms with Gasteiger partial charge in [0.1, 0.15) is 11.4 Å². The molecule has 13 heavy (non-hydrogen) atoms. The predicted octanol–water partition coefficient (Wildman–Crippen LogP) is 0.985. The highest BCUT2D eigenvalue weighted by Crippen LogP contribution is 2.15. The third kappa shape index (κ3) is 2.88. The van der Waals surface area contributed by atoms with Gasteiger partial charge in [-0.2, -0.15) is 0 Å². The summed E-state index contributed by atoms with van der Waals surface area (Å²) < 4.78 is 0. The highest BCUT2D eigenvalue weighted by Gasteiger charge is 2.35. The minimum Gasteiger partial charge on any atom is -0.480 e. The van der Waals surface area contributed by atoms with Crippen LogP contribution in [0.2, 0.25) is 0 Å². The first-order chi connectivity index (χ1) is 6.02. The molecule has 0 saturated carbocycles. The van der Waals surface area contributed by atoms with Crippen LogP contribution in [-0.2, 0) is 9.59 Å². The Bertz CT molecular complexity index is 202. The van der Waals surface area contributed by atoms with E-state index in [0.717, 1.165) is 0 Å². The van der Waals surface area contributed by atoms with E-state index < -0.39 is 17.4 Å². The summed E-state index contributed by atoms with van der Waals surface area (Å²) in [7, 11) is 0. The molecular formula is C8H14ClNO3. The average molecular weight is 208 g/mol. The van der Waals surface area contributed by atoms with E-state index in [1.807, 2.05) is 0 Å². The summed E-state index contributed by atoms with van der Waals surface area (Å²) in [5.74, 6) is -1.68. The molecule has 0 spiro atoms. The summed E-state index contributed by atoms with van der Waals surface area (Å²) in [5.41, 5.74) is -1.16. The molecule has 0 atom stereocenters. The van der Waals surface area contributed by atoms with Gasteiger partial charge >= 0.3 is 5.97 Å². The summed E-state index contributed by atoms with van der Waals surface area (Å²) in [6.07, 6.45) is 0.697. The maximum atomic E-state index is 10.9. The van der Waals surface area contributed by atoms with E-state index in [4.69, 9.17) is 16.7 Å². The van der Waals surface area contributed by atoms with Gasteiger partial charge in [-0.1, -0.05) is 13.8 Å². The zero-order valence-electron chi connectivity index (χ0n) is 7.76. The Hall–Kier alpha value is -0.770. The van der Waals surface area contributed by atoms with Crippen molar-refractivity contribution in [3.05, 3.63) is 0 Å². The Morgan fingerprint density at radius 1 is 1.38 bits per heavy atom. The zero-order chi connectivity index (χ0) is 10.5. The minimum absolute atomic E-state index is 0.213. The van der Waals surface area contributed by atoms with Gasteiger partial charge in [-0.05, 0) is 12.8 Å². The van der Waals surface area contributed by atoms with E-state index in [1.54, 1.807) is 13.8 Å². The lowest BCUT2D eigenvalue weighted by Gasteiger charge is -2.27. The first kappa shape index (κ1) is 12.2. The number of carbonyl (C=O) groups excluding carboxylic acids is 1. The molecule has 0 rings (SSSR count). The molecule has 5 heteroatoms. The van der Waals surface area contributed by atoms with Crippen LogP contribution >= 0.6 is 11.6 Å². The second kappa shape index (κ2) is 5.07. The molecule has 0 radical (unpaired) electrons. The number of carbonyl (C=O) groups is 2. The molecule has 4 nitrogen and oxygen atoms in total. The maximum Gasteiger partial charge on any atom is 0.329 e. The number of halogens is 1. The number of carboxylic acids is 1. The lowest BCUT2D eigenvalue weighted by molar-refractivity contribution is -0.147. The standard InChI is InChI=1S/C8H14ClNO3/c1-3-8(4-2,7(12)13)10-6(11)5-9/h3-5H2,1-2H3,(H,10,11)(H,12,13). The van der Waals surface area contributed by atoms with Crippen LogP contribution in [-0.4, -0.2) is 28.4 Å². The van der Waals surface area contributed by atoms with E-state index >= 15 is 0 Å². The number of nitrogens with one attached hydrogen (secondary N) is 1. The molecule has 0 bridgehead atoms. The van der Waals surface area contributed by atoms with Crippen LogP contribution in [0.3, 0.4) is 0 Å². The van der Waals surface area contributed by atoms with Crippen LogP contribution in [0.15, 0.2) is 0 Å². The molecule has 0 aromatic carbocycles. The van der Waals surface area contributed by atoms with Crippen molar-refractivity contribution in [3.63, 3.8) is 0 Å². The lowest BCUT2D eigenvalue weighted by Crippen LogP contribution is -2.54. The van der Waals surface area contributed by atoms with Gasteiger partial charge in [-0.3, -0.25) is 4.79 Å². The normalized spacial score (nSPS) is 11.0. The Morgan fingerprint density at radius 3 is 2.08 bits per heavy atom. The van der Waals surface area contributed by atoms with Crippen LogP contribution in [0.4, 0.5) is 0 Å². The van der Waals surface area contributed by atoms with Crippen LogP contribution in [0, 0.1) is 0 Å². The van der Waals surface area contributed by atoms with Crippen molar-refractivity contribution in [1.29, 1.82) is 0 Å². The van der Waals surface area contributed by atoms with E-state index in [-0.39, 0.29) is 5.88 Å². The van der Waals surface area contributed by atoms with Gasteiger partial charge < -0.3 is 10.4 Å². The number of carboxylic acid groups (broad SMARTS) is 1. The van der Waals surface area contributed by atoms with Crippen LogP contribution in [0.25, 0.3) is 0 Å². The molecule has 0 fully saturated rings. The van der Waals surface area contributed by atoms with E-state index in [2.05, 4.69) is 5.32 Å². The molecule has 0 aromatic heterocycles. The van der Waals surface area contributed by atoms with Gasteiger partial charge in [0.2, 0.25) is 5.91 Å². The molecule has 0 unspecified atom stereocenters. The summed E-state index contributed by atoms with van der Waals surface area (Å²) in [4.78, 5) is 21.8. The Kier molecular flexibility index (Phi) is 4.77. The van der Waals surface area contributed by atoms with Crippen molar-refractivity contribution in [2.75, 3.05) is 5.88 Å². The van der Waals surface area contributed by atoms with Crippen molar-refractivity contribution < 1.29 is 14.7 Å². The van der Waals surface area contributed by atoms with Gasteiger partial charge in [0.15, 0.2) is 0 Å². The molecule has 1 amide bonds. The van der Waals surface area contributed by atoms with Gasteiger partial charge in [-0.25, -0.2) is 4.79 Å². The first-order valence-corrected chi connectivity index (χ1v) is 4.66. The quantitative estimate of drug-likeness (QED) is 0.661. The number of alkyl halides is 1. The van der Waals surface area contributed by atoms with E-state index in [0.29, 0.717) is 12.8 Å². The van der Waals surface area contributed by atoms with Crippen LogP contribution in [0.1, 0.15) is 26.7 Å². The van der Waals surface area contributed by atoms with Crippen LogP contribution in [0.5, 0.6) is 0 Å². The molecule has 0 aliphatic heterocycles. The topological polar surface area (TPSA) is 66.4 Å².